The maximum Gasteiger partial charge on any atom is 0.148 e. The van der Waals surface area contributed by atoms with Gasteiger partial charge in [0.1, 0.15) is 12.4 Å². The molecule has 0 heterocycles. The molecule has 0 aliphatic heterocycles. The lowest BCUT2D eigenvalue weighted by Crippen LogP contribution is -1.99. The Hall–Kier alpha value is -1.22. The summed E-state index contributed by atoms with van der Waals surface area (Å²) in [5.41, 5.74) is 7.68. The van der Waals surface area contributed by atoms with Gasteiger partial charge >= 0.3 is 0 Å². The fraction of sp³-hybridized carbons (Fsp3) is 0.0714. The molecule has 2 aromatic carbocycles. The van der Waals surface area contributed by atoms with Crippen LogP contribution < -0.4 is 10.5 Å². The first-order chi connectivity index (χ1) is 9.51. The zero-order valence-electron chi connectivity index (χ0n) is 10.2. The van der Waals surface area contributed by atoms with E-state index in [0.29, 0.717) is 28.6 Å². The highest BCUT2D eigenvalue weighted by Gasteiger charge is 2.10. The van der Waals surface area contributed by atoms with E-state index in [0.717, 1.165) is 14.5 Å². The number of hydrogen-bond donors (Lipinski definition) is 1. The molecule has 0 saturated carbocycles. The van der Waals surface area contributed by atoms with Crippen LogP contribution in [-0.2, 0) is 6.61 Å². The van der Waals surface area contributed by atoms with Gasteiger partial charge in [0, 0.05) is 16.3 Å². The van der Waals surface area contributed by atoms with Crippen molar-refractivity contribution in [2.24, 2.45) is 0 Å². The lowest BCUT2D eigenvalue weighted by molar-refractivity contribution is 0.302. The number of nitrogens with zero attached hydrogens (tertiary/aromatic N) is 1. The molecule has 2 aromatic rings. The van der Waals surface area contributed by atoms with E-state index >= 15 is 0 Å². The number of hydrogen-bond acceptors (Lipinski definition) is 3. The van der Waals surface area contributed by atoms with Crippen molar-refractivity contribution in [2.45, 2.75) is 6.61 Å². The zero-order chi connectivity index (χ0) is 14.7. The highest BCUT2D eigenvalue weighted by atomic mass is 79.9. The third-order valence-electron chi connectivity index (χ3n) is 2.57. The first kappa shape index (κ1) is 15.2. The summed E-state index contributed by atoms with van der Waals surface area (Å²) < 4.78 is 7.26. The monoisotopic (exact) mass is 414 g/mol. The fourth-order valence-electron chi connectivity index (χ4n) is 1.60. The molecule has 0 spiro atoms. The van der Waals surface area contributed by atoms with Crippen LogP contribution in [0.5, 0.6) is 5.75 Å². The molecule has 0 aliphatic carbocycles. The van der Waals surface area contributed by atoms with E-state index in [1.54, 1.807) is 30.3 Å². The molecule has 0 fully saturated rings. The summed E-state index contributed by atoms with van der Waals surface area (Å²) in [5.74, 6) is 0.652. The lowest BCUT2D eigenvalue weighted by atomic mass is 10.1. The molecule has 0 aromatic heterocycles. The van der Waals surface area contributed by atoms with Crippen molar-refractivity contribution in [1.29, 1.82) is 5.26 Å². The minimum atomic E-state index is 0.297. The molecule has 2 N–H and O–H groups in total. The second-order valence-corrected chi connectivity index (χ2v) is 6.14. The summed E-state index contributed by atoms with van der Waals surface area (Å²) in [6.07, 6.45) is 0. The van der Waals surface area contributed by atoms with Gasteiger partial charge < -0.3 is 10.5 Å². The number of halogens is 3. The number of nitrogen functional groups attached to an aromatic ring is 1. The second kappa shape index (κ2) is 6.49. The molecule has 20 heavy (non-hydrogen) atoms. The maximum atomic E-state index is 8.80. The number of ether oxygens (including phenoxy) is 1. The van der Waals surface area contributed by atoms with E-state index in [4.69, 9.17) is 27.3 Å². The van der Waals surface area contributed by atoms with Crippen molar-refractivity contribution < 1.29 is 4.74 Å². The van der Waals surface area contributed by atoms with Crippen LogP contribution in [0.3, 0.4) is 0 Å². The van der Waals surface area contributed by atoms with Crippen molar-refractivity contribution in [1.82, 2.24) is 0 Å². The predicted molar refractivity (Wildman–Crippen MR) is 86.8 cm³/mol. The maximum absolute atomic E-state index is 8.80. The van der Waals surface area contributed by atoms with Crippen LogP contribution in [0.1, 0.15) is 11.1 Å². The average molecular weight is 416 g/mol. The fourth-order valence-corrected chi connectivity index (χ4v) is 3.29. The lowest BCUT2D eigenvalue weighted by Gasteiger charge is -2.12. The molecule has 6 heteroatoms. The quantitative estimate of drug-likeness (QED) is 0.724. The van der Waals surface area contributed by atoms with E-state index in [2.05, 4.69) is 31.9 Å². The number of nitriles is 1. The van der Waals surface area contributed by atoms with Crippen LogP contribution >= 0.6 is 43.5 Å². The van der Waals surface area contributed by atoms with Gasteiger partial charge in [-0.3, -0.25) is 0 Å². The van der Waals surface area contributed by atoms with E-state index in [1.165, 1.54) is 0 Å². The Balaban J connectivity index is 2.20. The topological polar surface area (TPSA) is 59.0 Å². The Kier molecular flexibility index (Phi) is 4.92. The van der Waals surface area contributed by atoms with E-state index < -0.39 is 0 Å². The summed E-state index contributed by atoms with van der Waals surface area (Å²) in [6.45, 7) is 0.297. The van der Waals surface area contributed by atoms with Gasteiger partial charge in [0.15, 0.2) is 0 Å². The highest BCUT2D eigenvalue weighted by Crippen LogP contribution is 2.36. The van der Waals surface area contributed by atoms with Gasteiger partial charge in [-0.05, 0) is 56.1 Å². The third kappa shape index (κ3) is 3.45. The average Bonchev–Trinajstić information content (AvgIpc) is 2.39. The molecule has 0 unspecified atom stereocenters. The van der Waals surface area contributed by atoms with Gasteiger partial charge in [-0.15, -0.1) is 0 Å². The molecule has 0 aliphatic rings. The third-order valence-corrected chi connectivity index (χ3v) is 4.10. The zero-order valence-corrected chi connectivity index (χ0v) is 14.1. The highest BCUT2D eigenvalue weighted by molar-refractivity contribution is 9.11. The van der Waals surface area contributed by atoms with Crippen LogP contribution in [0.25, 0.3) is 0 Å². The van der Waals surface area contributed by atoms with E-state index in [1.807, 2.05) is 6.07 Å². The Morgan fingerprint density at radius 3 is 2.40 bits per heavy atom. The van der Waals surface area contributed by atoms with Crippen molar-refractivity contribution in [2.75, 3.05) is 5.73 Å². The summed E-state index contributed by atoms with van der Waals surface area (Å²) in [6, 6.07) is 10.7. The van der Waals surface area contributed by atoms with Gasteiger partial charge in [-0.1, -0.05) is 17.7 Å². The SMILES string of the molecule is N#Cc1ccc(COc2c(Br)cc(N)cc2Br)c(Cl)c1. The molecule has 0 radical (unpaired) electrons. The van der Waals surface area contributed by atoms with Crippen LogP contribution in [0.4, 0.5) is 5.69 Å². The van der Waals surface area contributed by atoms with Gasteiger partial charge in [-0.2, -0.15) is 5.26 Å². The van der Waals surface area contributed by atoms with Gasteiger partial charge in [0.25, 0.3) is 0 Å². The molecule has 2 rings (SSSR count). The minimum absolute atomic E-state index is 0.297. The standard InChI is InChI=1S/C14H9Br2ClN2O/c15-11-4-10(19)5-12(16)14(11)20-7-9-2-1-8(6-18)3-13(9)17/h1-5H,7,19H2. The van der Waals surface area contributed by atoms with E-state index in [-0.39, 0.29) is 0 Å². The summed E-state index contributed by atoms with van der Waals surface area (Å²) in [5, 5.41) is 9.30. The Bertz CT molecular complexity index is 675. The molecule has 0 atom stereocenters. The van der Waals surface area contributed by atoms with Crippen LogP contribution in [0.15, 0.2) is 39.3 Å². The first-order valence-corrected chi connectivity index (χ1v) is 7.53. The van der Waals surface area contributed by atoms with Crippen molar-refractivity contribution >= 4 is 49.1 Å². The Morgan fingerprint density at radius 2 is 1.85 bits per heavy atom. The molecule has 3 nitrogen and oxygen atoms in total. The number of rotatable bonds is 3. The first-order valence-electron chi connectivity index (χ1n) is 5.57. The molecular formula is C14H9Br2ClN2O. The molecular weight excluding hydrogens is 407 g/mol. The van der Waals surface area contributed by atoms with Crippen molar-refractivity contribution in [3.63, 3.8) is 0 Å². The number of nitrogens with two attached hydrogens (primary N) is 1. The summed E-state index contributed by atoms with van der Waals surface area (Å²) in [4.78, 5) is 0. The smallest absolute Gasteiger partial charge is 0.148 e. The largest absolute Gasteiger partial charge is 0.486 e. The summed E-state index contributed by atoms with van der Waals surface area (Å²) in [7, 11) is 0. The van der Waals surface area contributed by atoms with Crippen LogP contribution in [-0.4, -0.2) is 0 Å². The van der Waals surface area contributed by atoms with Gasteiger partial charge in [-0.25, -0.2) is 0 Å². The van der Waals surface area contributed by atoms with Crippen LogP contribution in [0, 0.1) is 11.3 Å². The predicted octanol–water partition coefficient (Wildman–Crippen LogP) is 4.90. The van der Waals surface area contributed by atoms with Crippen LogP contribution in [0.2, 0.25) is 5.02 Å². The number of anilines is 1. The molecule has 102 valence electrons. The Morgan fingerprint density at radius 1 is 1.20 bits per heavy atom. The Labute approximate surface area is 138 Å². The summed E-state index contributed by atoms with van der Waals surface area (Å²) >= 11 is 12.9. The second-order valence-electron chi connectivity index (χ2n) is 4.02. The van der Waals surface area contributed by atoms with Crippen molar-refractivity contribution in [3.8, 4) is 11.8 Å². The van der Waals surface area contributed by atoms with Gasteiger partial charge in [0.05, 0.1) is 20.6 Å². The number of benzene rings is 2. The van der Waals surface area contributed by atoms with Gasteiger partial charge in [0.2, 0.25) is 0 Å². The van der Waals surface area contributed by atoms with E-state index in [9.17, 15) is 0 Å². The molecule has 0 saturated heterocycles. The van der Waals surface area contributed by atoms with Crippen molar-refractivity contribution in [3.05, 3.63) is 55.4 Å². The normalized spacial score (nSPS) is 10.1. The minimum Gasteiger partial charge on any atom is -0.486 e. The molecule has 0 bridgehead atoms. The molecule has 0 amide bonds.